The standard InChI is InChI=1S/C15H15NO2/c17-15(18)13-9-12(13)14-7-4-8-16(14)10-11-5-2-1-3-6-11/h1-8,12-13H,9-10H2,(H,17,18). The molecule has 3 rings (SSSR count). The summed E-state index contributed by atoms with van der Waals surface area (Å²) in [6.45, 7) is 0.812. The van der Waals surface area contributed by atoms with Crippen LogP contribution in [0.5, 0.6) is 0 Å². The van der Waals surface area contributed by atoms with Gasteiger partial charge in [0.15, 0.2) is 0 Å². The summed E-state index contributed by atoms with van der Waals surface area (Å²) >= 11 is 0. The first kappa shape index (κ1) is 11.1. The zero-order valence-corrected chi connectivity index (χ0v) is 9.99. The molecule has 0 saturated heterocycles. The Morgan fingerprint density at radius 2 is 2.00 bits per heavy atom. The van der Waals surface area contributed by atoms with Crippen molar-refractivity contribution in [3.8, 4) is 0 Å². The Hall–Kier alpha value is -2.03. The summed E-state index contributed by atoms with van der Waals surface area (Å²) in [6, 6.07) is 14.3. The maximum absolute atomic E-state index is 10.9. The molecular weight excluding hydrogens is 226 g/mol. The molecule has 1 aliphatic carbocycles. The second-order valence-corrected chi connectivity index (χ2v) is 4.83. The number of aliphatic carboxylic acids is 1. The average molecular weight is 241 g/mol. The Morgan fingerprint density at radius 3 is 2.67 bits per heavy atom. The number of hydrogen-bond acceptors (Lipinski definition) is 1. The molecule has 0 amide bonds. The van der Waals surface area contributed by atoms with Crippen LogP contribution in [0.3, 0.4) is 0 Å². The lowest BCUT2D eigenvalue weighted by atomic mass is 10.2. The summed E-state index contributed by atoms with van der Waals surface area (Å²) < 4.78 is 2.16. The van der Waals surface area contributed by atoms with Crippen molar-refractivity contribution in [1.29, 1.82) is 0 Å². The van der Waals surface area contributed by atoms with Gasteiger partial charge in [-0.2, -0.15) is 0 Å². The van der Waals surface area contributed by atoms with Crippen LogP contribution in [-0.4, -0.2) is 15.6 Å². The molecule has 1 saturated carbocycles. The molecule has 1 aromatic heterocycles. The lowest BCUT2D eigenvalue weighted by molar-refractivity contribution is -0.138. The van der Waals surface area contributed by atoms with Crippen molar-refractivity contribution in [2.45, 2.75) is 18.9 Å². The monoisotopic (exact) mass is 241 g/mol. The zero-order valence-electron chi connectivity index (χ0n) is 9.99. The fraction of sp³-hybridized carbons (Fsp3) is 0.267. The van der Waals surface area contributed by atoms with E-state index >= 15 is 0 Å². The minimum atomic E-state index is -0.674. The number of carboxylic acid groups (broad SMARTS) is 1. The first-order chi connectivity index (χ1) is 8.75. The predicted molar refractivity (Wildman–Crippen MR) is 68.5 cm³/mol. The lowest BCUT2D eigenvalue weighted by Gasteiger charge is -2.08. The van der Waals surface area contributed by atoms with E-state index in [4.69, 9.17) is 5.11 Å². The molecule has 1 N–H and O–H groups in total. The number of carboxylic acids is 1. The molecule has 2 unspecified atom stereocenters. The van der Waals surface area contributed by atoms with Crippen molar-refractivity contribution < 1.29 is 9.90 Å². The van der Waals surface area contributed by atoms with Crippen molar-refractivity contribution in [3.05, 3.63) is 59.9 Å². The fourth-order valence-electron chi connectivity index (χ4n) is 2.48. The van der Waals surface area contributed by atoms with Crippen molar-refractivity contribution in [1.82, 2.24) is 4.57 Å². The van der Waals surface area contributed by atoms with Gasteiger partial charge < -0.3 is 9.67 Å². The molecule has 2 atom stereocenters. The van der Waals surface area contributed by atoms with Crippen molar-refractivity contribution in [2.24, 2.45) is 5.92 Å². The van der Waals surface area contributed by atoms with Gasteiger partial charge in [-0.3, -0.25) is 4.79 Å². The van der Waals surface area contributed by atoms with Crippen LogP contribution in [0.25, 0.3) is 0 Å². The first-order valence-electron chi connectivity index (χ1n) is 6.17. The van der Waals surface area contributed by atoms with Gasteiger partial charge in [0.1, 0.15) is 0 Å². The van der Waals surface area contributed by atoms with Gasteiger partial charge >= 0.3 is 5.97 Å². The zero-order chi connectivity index (χ0) is 12.5. The largest absolute Gasteiger partial charge is 0.481 e. The van der Waals surface area contributed by atoms with Gasteiger partial charge in [0.05, 0.1) is 5.92 Å². The maximum Gasteiger partial charge on any atom is 0.307 e. The molecule has 3 heteroatoms. The Labute approximate surface area is 106 Å². The van der Waals surface area contributed by atoms with Gasteiger partial charge in [-0.1, -0.05) is 30.3 Å². The minimum Gasteiger partial charge on any atom is -0.481 e. The average Bonchev–Trinajstić information content (AvgIpc) is 3.05. The highest BCUT2D eigenvalue weighted by Gasteiger charge is 2.45. The van der Waals surface area contributed by atoms with E-state index in [-0.39, 0.29) is 11.8 Å². The summed E-state index contributed by atoms with van der Waals surface area (Å²) in [7, 11) is 0. The molecule has 0 bridgehead atoms. The maximum atomic E-state index is 10.9. The summed E-state index contributed by atoms with van der Waals surface area (Å²) in [5.74, 6) is -0.664. The van der Waals surface area contributed by atoms with E-state index in [1.54, 1.807) is 0 Å². The number of benzene rings is 1. The van der Waals surface area contributed by atoms with Crippen LogP contribution in [-0.2, 0) is 11.3 Å². The first-order valence-corrected chi connectivity index (χ1v) is 6.17. The summed E-state index contributed by atoms with van der Waals surface area (Å²) in [4.78, 5) is 10.9. The van der Waals surface area contributed by atoms with Crippen LogP contribution in [0.1, 0.15) is 23.6 Å². The van der Waals surface area contributed by atoms with Crippen LogP contribution in [0.4, 0.5) is 0 Å². The van der Waals surface area contributed by atoms with Crippen LogP contribution in [0.15, 0.2) is 48.7 Å². The van der Waals surface area contributed by atoms with E-state index in [0.29, 0.717) is 0 Å². The van der Waals surface area contributed by atoms with E-state index in [1.807, 2.05) is 36.5 Å². The molecule has 1 aromatic carbocycles. The molecule has 0 radical (unpaired) electrons. The van der Waals surface area contributed by atoms with Gasteiger partial charge in [-0.15, -0.1) is 0 Å². The van der Waals surface area contributed by atoms with Crippen molar-refractivity contribution in [2.75, 3.05) is 0 Å². The molecule has 0 aliphatic heterocycles. The topological polar surface area (TPSA) is 42.2 Å². The quantitative estimate of drug-likeness (QED) is 0.894. The molecule has 0 spiro atoms. The third kappa shape index (κ3) is 2.04. The SMILES string of the molecule is O=C(O)C1CC1c1cccn1Cc1ccccc1. The predicted octanol–water partition coefficient (Wildman–Crippen LogP) is 2.72. The molecule has 1 aliphatic rings. The number of hydrogen-bond donors (Lipinski definition) is 1. The third-order valence-corrected chi connectivity index (χ3v) is 3.55. The third-order valence-electron chi connectivity index (χ3n) is 3.55. The van der Waals surface area contributed by atoms with Crippen LogP contribution in [0.2, 0.25) is 0 Å². The van der Waals surface area contributed by atoms with Gasteiger partial charge in [0, 0.05) is 24.4 Å². The molecule has 18 heavy (non-hydrogen) atoms. The highest BCUT2D eigenvalue weighted by Crippen LogP contribution is 2.47. The van der Waals surface area contributed by atoms with Crippen molar-refractivity contribution in [3.63, 3.8) is 0 Å². The summed E-state index contributed by atoms with van der Waals surface area (Å²) in [5.41, 5.74) is 2.38. The second-order valence-electron chi connectivity index (χ2n) is 4.83. The normalized spacial score (nSPS) is 21.8. The van der Waals surface area contributed by atoms with E-state index < -0.39 is 5.97 Å². The summed E-state index contributed by atoms with van der Waals surface area (Å²) in [5, 5.41) is 8.99. The van der Waals surface area contributed by atoms with Gasteiger partial charge in [-0.25, -0.2) is 0 Å². The minimum absolute atomic E-state index is 0.186. The Balaban J connectivity index is 1.79. The molecule has 1 fully saturated rings. The highest BCUT2D eigenvalue weighted by atomic mass is 16.4. The molecule has 2 aromatic rings. The Bertz CT molecular complexity index is 559. The number of rotatable bonds is 4. The van der Waals surface area contributed by atoms with Gasteiger partial charge in [-0.05, 0) is 24.1 Å². The second kappa shape index (κ2) is 4.33. The number of aromatic nitrogens is 1. The summed E-state index contributed by atoms with van der Waals surface area (Å²) in [6.07, 6.45) is 2.80. The van der Waals surface area contributed by atoms with Gasteiger partial charge in [0.25, 0.3) is 0 Å². The molecule has 92 valence electrons. The van der Waals surface area contributed by atoms with E-state index in [2.05, 4.69) is 16.7 Å². The van der Waals surface area contributed by atoms with Crippen LogP contribution >= 0.6 is 0 Å². The highest BCUT2D eigenvalue weighted by molar-refractivity contribution is 5.75. The van der Waals surface area contributed by atoms with E-state index in [0.717, 1.165) is 18.7 Å². The molecular formula is C15H15NO2. The number of carbonyl (C=O) groups is 1. The smallest absolute Gasteiger partial charge is 0.307 e. The lowest BCUT2D eigenvalue weighted by Crippen LogP contribution is -2.05. The molecule has 1 heterocycles. The van der Waals surface area contributed by atoms with Crippen molar-refractivity contribution >= 4 is 5.97 Å². The fourth-order valence-corrected chi connectivity index (χ4v) is 2.48. The van der Waals surface area contributed by atoms with Crippen LogP contribution in [0, 0.1) is 5.92 Å². The Morgan fingerprint density at radius 1 is 1.22 bits per heavy atom. The Kier molecular flexibility index (Phi) is 2.67. The van der Waals surface area contributed by atoms with E-state index in [1.165, 1.54) is 5.56 Å². The van der Waals surface area contributed by atoms with E-state index in [9.17, 15) is 4.79 Å². The van der Waals surface area contributed by atoms with Gasteiger partial charge in [0.2, 0.25) is 0 Å². The van der Waals surface area contributed by atoms with Crippen LogP contribution < -0.4 is 0 Å². The number of nitrogens with zero attached hydrogens (tertiary/aromatic N) is 1. The molecule has 3 nitrogen and oxygen atoms in total.